The molecule has 84 valence electrons. The Labute approximate surface area is 104 Å². The normalized spacial score (nSPS) is 10.8. The Morgan fingerprint density at radius 3 is 2.53 bits per heavy atom. The zero-order valence-corrected chi connectivity index (χ0v) is 10.1. The molecule has 1 aromatic heterocycles. The van der Waals surface area contributed by atoms with E-state index in [4.69, 9.17) is 0 Å². The maximum atomic E-state index is 4.55. The second-order valence-electron chi connectivity index (χ2n) is 3.80. The van der Waals surface area contributed by atoms with E-state index in [1.807, 2.05) is 24.3 Å². The molecule has 0 atom stereocenters. The van der Waals surface area contributed by atoms with Gasteiger partial charge in [-0.25, -0.2) is 4.98 Å². The standard InChI is InChI=1S/C14H12N2S/c1-2-6-11(7-3-1)17-10-14-15-12-8-4-5-9-13(12)16-14/h1-9H,10H2,(H,15,16). The molecule has 3 heteroatoms. The first-order valence-electron chi connectivity index (χ1n) is 5.53. The van der Waals surface area contributed by atoms with Crippen molar-refractivity contribution in [1.29, 1.82) is 0 Å². The van der Waals surface area contributed by atoms with Gasteiger partial charge < -0.3 is 4.98 Å². The first-order valence-corrected chi connectivity index (χ1v) is 6.52. The Balaban J connectivity index is 1.77. The third-order valence-electron chi connectivity index (χ3n) is 2.56. The highest BCUT2D eigenvalue weighted by Crippen LogP contribution is 2.22. The summed E-state index contributed by atoms with van der Waals surface area (Å²) < 4.78 is 0. The lowest BCUT2D eigenvalue weighted by atomic mass is 10.3. The first kappa shape index (κ1) is 10.4. The molecule has 0 spiro atoms. The minimum atomic E-state index is 0.874. The lowest BCUT2D eigenvalue weighted by molar-refractivity contribution is 1.14. The Kier molecular flexibility index (Phi) is 2.84. The molecular formula is C14H12N2S. The molecule has 0 unspecified atom stereocenters. The van der Waals surface area contributed by atoms with Crippen molar-refractivity contribution in [2.45, 2.75) is 10.6 Å². The van der Waals surface area contributed by atoms with Crippen molar-refractivity contribution in [2.75, 3.05) is 0 Å². The molecule has 1 N–H and O–H groups in total. The molecule has 3 rings (SSSR count). The Bertz CT molecular complexity index is 583. The number of H-pyrrole nitrogens is 1. The zero-order chi connectivity index (χ0) is 11.5. The highest BCUT2D eigenvalue weighted by molar-refractivity contribution is 7.98. The second-order valence-corrected chi connectivity index (χ2v) is 4.85. The Morgan fingerprint density at radius 1 is 0.941 bits per heavy atom. The van der Waals surface area contributed by atoms with Crippen LogP contribution >= 0.6 is 11.8 Å². The maximum Gasteiger partial charge on any atom is 0.117 e. The van der Waals surface area contributed by atoms with Crippen LogP contribution in [0.3, 0.4) is 0 Å². The van der Waals surface area contributed by atoms with Crippen LogP contribution < -0.4 is 0 Å². The van der Waals surface area contributed by atoms with Crippen molar-refractivity contribution in [3.8, 4) is 0 Å². The summed E-state index contributed by atoms with van der Waals surface area (Å²) in [5.74, 6) is 1.90. The third-order valence-corrected chi connectivity index (χ3v) is 3.58. The summed E-state index contributed by atoms with van der Waals surface area (Å²) in [6.07, 6.45) is 0. The van der Waals surface area contributed by atoms with Gasteiger partial charge in [0.1, 0.15) is 5.82 Å². The second kappa shape index (κ2) is 4.63. The number of para-hydroxylation sites is 2. The van der Waals surface area contributed by atoms with E-state index in [-0.39, 0.29) is 0 Å². The van der Waals surface area contributed by atoms with Gasteiger partial charge in [0.05, 0.1) is 16.8 Å². The average molecular weight is 240 g/mol. The molecule has 2 aromatic carbocycles. The van der Waals surface area contributed by atoms with E-state index in [0.717, 1.165) is 22.6 Å². The van der Waals surface area contributed by atoms with Crippen LogP contribution in [0.15, 0.2) is 59.5 Å². The highest BCUT2D eigenvalue weighted by Gasteiger charge is 2.02. The van der Waals surface area contributed by atoms with E-state index in [0.29, 0.717) is 0 Å². The number of benzene rings is 2. The van der Waals surface area contributed by atoms with E-state index >= 15 is 0 Å². The SMILES string of the molecule is c1ccc(SCc2nc3ccccc3[nH]2)cc1. The first-order chi connectivity index (χ1) is 8.42. The topological polar surface area (TPSA) is 28.7 Å². The highest BCUT2D eigenvalue weighted by atomic mass is 32.2. The van der Waals surface area contributed by atoms with Gasteiger partial charge in [0.15, 0.2) is 0 Å². The molecule has 0 fully saturated rings. The largest absolute Gasteiger partial charge is 0.341 e. The Morgan fingerprint density at radius 2 is 1.71 bits per heavy atom. The number of fused-ring (bicyclic) bond motifs is 1. The molecule has 0 saturated heterocycles. The quantitative estimate of drug-likeness (QED) is 0.704. The predicted octanol–water partition coefficient (Wildman–Crippen LogP) is 3.86. The Hall–Kier alpha value is -1.74. The number of nitrogens with zero attached hydrogens (tertiary/aromatic N) is 1. The minimum absolute atomic E-state index is 0.874. The number of aromatic nitrogens is 2. The summed E-state index contributed by atoms with van der Waals surface area (Å²) in [6.45, 7) is 0. The van der Waals surface area contributed by atoms with Gasteiger partial charge in [0.25, 0.3) is 0 Å². The van der Waals surface area contributed by atoms with E-state index in [2.05, 4.69) is 40.3 Å². The molecule has 0 bridgehead atoms. The molecule has 0 amide bonds. The molecule has 0 aliphatic rings. The summed E-state index contributed by atoms with van der Waals surface area (Å²) in [4.78, 5) is 9.16. The number of hydrogen-bond donors (Lipinski definition) is 1. The summed E-state index contributed by atoms with van der Waals surface area (Å²) in [5.41, 5.74) is 2.15. The fraction of sp³-hybridized carbons (Fsp3) is 0.0714. The molecule has 2 nitrogen and oxygen atoms in total. The fourth-order valence-corrected chi connectivity index (χ4v) is 2.53. The number of hydrogen-bond acceptors (Lipinski definition) is 2. The molecule has 1 heterocycles. The maximum absolute atomic E-state index is 4.55. The average Bonchev–Trinajstić information content (AvgIpc) is 2.80. The number of rotatable bonds is 3. The van der Waals surface area contributed by atoms with E-state index < -0.39 is 0 Å². The molecule has 17 heavy (non-hydrogen) atoms. The van der Waals surface area contributed by atoms with Crippen molar-refractivity contribution in [3.05, 3.63) is 60.4 Å². The molecule has 0 aliphatic heterocycles. The van der Waals surface area contributed by atoms with Crippen LogP contribution in [0, 0.1) is 0 Å². The van der Waals surface area contributed by atoms with Gasteiger partial charge in [0.2, 0.25) is 0 Å². The van der Waals surface area contributed by atoms with Crippen LogP contribution in [0.5, 0.6) is 0 Å². The van der Waals surface area contributed by atoms with Crippen LogP contribution in [-0.2, 0) is 5.75 Å². The fourth-order valence-electron chi connectivity index (χ4n) is 1.74. The van der Waals surface area contributed by atoms with Crippen molar-refractivity contribution in [3.63, 3.8) is 0 Å². The smallest absolute Gasteiger partial charge is 0.117 e. The molecule has 0 aliphatic carbocycles. The van der Waals surface area contributed by atoms with Crippen molar-refractivity contribution >= 4 is 22.8 Å². The lowest BCUT2D eigenvalue weighted by Gasteiger charge is -1.97. The number of nitrogens with one attached hydrogen (secondary N) is 1. The molecule has 0 saturated carbocycles. The molecule has 3 aromatic rings. The van der Waals surface area contributed by atoms with Crippen LogP contribution in [0.25, 0.3) is 11.0 Å². The van der Waals surface area contributed by atoms with E-state index in [1.165, 1.54) is 4.90 Å². The third kappa shape index (κ3) is 2.34. The molecule has 0 radical (unpaired) electrons. The van der Waals surface area contributed by atoms with Gasteiger partial charge in [-0.1, -0.05) is 30.3 Å². The summed E-state index contributed by atoms with van der Waals surface area (Å²) >= 11 is 1.80. The monoisotopic (exact) mass is 240 g/mol. The predicted molar refractivity (Wildman–Crippen MR) is 72.1 cm³/mol. The van der Waals surface area contributed by atoms with Crippen LogP contribution in [0.1, 0.15) is 5.82 Å². The summed E-state index contributed by atoms with van der Waals surface area (Å²) in [7, 11) is 0. The lowest BCUT2D eigenvalue weighted by Crippen LogP contribution is -1.82. The summed E-state index contributed by atoms with van der Waals surface area (Å²) in [5, 5.41) is 0. The minimum Gasteiger partial charge on any atom is -0.341 e. The van der Waals surface area contributed by atoms with Crippen molar-refractivity contribution in [1.82, 2.24) is 9.97 Å². The van der Waals surface area contributed by atoms with Crippen LogP contribution in [0.2, 0.25) is 0 Å². The molecular weight excluding hydrogens is 228 g/mol. The number of imidazole rings is 1. The van der Waals surface area contributed by atoms with Crippen LogP contribution in [0.4, 0.5) is 0 Å². The van der Waals surface area contributed by atoms with Gasteiger partial charge in [-0.15, -0.1) is 11.8 Å². The van der Waals surface area contributed by atoms with E-state index in [1.54, 1.807) is 11.8 Å². The van der Waals surface area contributed by atoms with Gasteiger partial charge in [-0.2, -0.15) is 0 Å². The summed E-state index contributed by atoms with van der Waals surface area (Å²) in [6, 6.07) is 18.5. The van der Waals surface area contributed by atoms with Gasteiger partial charge in [-0.3, -0.25) is 0 Å². The van der Waals surface area contributed by atoms with E-state index in [9.17, 15) is 0 Å². The van der Waals surface area contributed by atoms with Gasteiger partial charge in [-0.05, 0) is 24.3 Å². The van der Waals surface area contributed by atoms with Crippen LogP contribution in [-0.4, -0.2) is 9.97 Å². The zero-order valence-electron chi connectivity index (χ0n) is 9.26. The van der Waals surface area contributed by atoms with Gasteiger partial charge in [0, 0.05) is 4.90 Å². The van der Waals surface area contributed by atoms with Crippen molar-refractivity contribution in [2.24, 2.45) is 0 Å². The number of thioether (sulfide) groups is 1. The van der Waals surface area contributed by atoms with Crippen molar-refractivity contribution < 1.29 is 0 Å². The van der Waals surface area contributed by atoms with Gasteiger partial charge >= 0.3 is 0 Å². The number of aromatic amines is 1.